The molecule has 0 saturated carbocycles. The fourth-order valence-corrected chi connectivity index (χ4v) is 2.11. The van der Waals surface area contributed by atoms with E-state index in [9.17, 15) is 14.0 Å². The number of thiazole rings is 1. The average molecular weight is 293 g/mol. The molecule has 0 aliphatic rings. The number of nitrogens with one attached hydrogen (secondary N) is 2. The maximum atomic E-state index is 12.7. The third kappa shape index (κ3) is 3.86. The highest BCUT2D eigenvalue weighted by Gasteiger charge is 2.14. The van der Waals surface area contributed by atoms with E-state index in [1.807, 2.05) is 0 Å². The molecule has 0 radical (unpaired) electrons. The first-order chi connectivity index (χ1) is 9.54. The standard InChI is InChI=1S/C13H12FN3O2S/c1-8-7-20-13(16-8)17-12(19)11(18)15-6-9-2-4-10(14)5-3-9/h2-5,7H,6H2,1H3,(H,15,18)(H,16,17,19). The Morgan fingerprint density at radius 3 is 2.55 bits per heavy atom. The average Bonchev–Trinajstić information content (AvgIpc) is 2.83. The Bertz CT molecular complexity index is 625. The summed E-state index contributed by atoms with van der Waals surface area (Å²) in [6, 6.07) is 5.66. The van der Waals surface area contributed by atoms with E-state index < -0.39 is 11.8 Å². The molecule has 1 aromatic heterocycles. The van der Waals surface area contributed by atoms with Crippen molar-refractivity contribution in [1.82, 2.24) is 10.3 Å². The van der Waals surface area contributed by atoms with Crippen LogP contribution in [0, 0.1) is 12.7 Å². The zero-order valence-electron chi connectivity index (χ0n) is 10.6. The van der Waals surface area contributed by atoms with Crippen LogP contribution in [-0.4, -0.2) is 16.8 Å². The number of nitrogens with zero attached hydrogens (tertiary/aromatic N) is 1. The fourth-order valence-electron chi connectivity index (χ4n) is 1.43. The first-order valence-electron chi connectivity index (χ1n) is 5.80. The largest absolute Gasteiger partial charge is 0.344 e. The van der Waals surface area contributed by atoms with Crippen LogP contribution in [0.3, 0.4) is 0 Å². The molecule has 5 nitrogen and oxygen atoms in total. The number of amides is 2. The third-order valence-corrected chi connectivity index (χ3v) is 3.29. The predicted octanol–water partition coefficient (Wildman–Crippen LogP) is 1.85. The molecule has 0 unspecified atom stereocenters. The quantitative estimate of drug-likeness (QED) is 0.848. The summed E-state index contributed by atoms with van der Waals surface area (Å²) in [6.07, 6.45) is 0. The normalized spacial score (nSPS) is 10.1. The molecule has 0 atom stereocenters. The van der Waals surface area contributed by atoms with Gasteiger partial charge in [-0.1, -0.05) is 12.1 Å². The van der Waals surface area contributed by atoms with E-state index in [-0.39, 0.29) is 12.4 Å². The summed E-state index contributed by atoms with van der Waals surface area (Å²) in [5.41, 5.74) is 1.48. The van der Waals surface area contributed by atoms with Gasteiger partial charge in [0.05, 0.1) is 5.69 Å². The minimum absolute atomic E-state index is 0.156. The van der Waals surface area contributed by atoms with Gasteiger partial charge < -0.3 is 5.32 Å². The van der Waals surface area contributed by atoms with E-state index >= 15 is 0 Å². The lowest BCUT2D eigenvalue weighted by atomic mass is 10.2. The highest BCUT2D eigenvalue weighted by atomic mass is 32.1. The predicted molar refractivity (Wildman–Crippen MR) is 73.7 cm³/mol. The number of hydrogen-bond donors (Lipinski definition) is 2. The van der Waals surface area contributed by atoms with E-state index in [0.717, 1.165) is 5.69 Å². The van der Waals surface area contributed by atoms with Gasteiger partial charge in [0, 0.05) is 11.9 Å². The van der Waals surface area contributed by atoms with Crippen LogP contribution in [-0.2, 0) is 16.1 Å². The van der Waals surface area contributed by atoms with Gasteiger partial charge >= 0.3 is 11.8 Å². The molecule has 0 aliphatic carbocycles. The maximum Gasteiger partial charge on any atom is 0.315 e. The molecule has 20 heavy (non-hydrogen) atoms. The molecule has 0 bridgehead atoms. The summed E-state index contributed by atoms with van der Waals surface area (Å²) in [4.78, 5) is 27.2. The number of aromatic nitrogens is 1. The molecule has 104 valence electrons. The molecule has 1 aromatic carbocycles. The Kier molecular flexibility index (Phi) is 4.41. The second-order valence-electron chi connectivity index (χ2n) is 4.06. The number of benzene rings is 1. The minimum Gasteiger partial charge on any atom is -0.344 e. The van der Waals surface area contributed by atoms with Crippen LogP contribution in [0.4, 0.5) is 9.52 Å². The van der Waals surface area contributed by atoms with Crippen molar-refractivity contribution < 1.29 is 14.0 Å². The molecule has 2 rings (SSSR count). The van der Waals surface area contributed by atoms with Gasteiger partial charge in [0.15, 0.2) is 5.13 Å². The van der Waals surface area contributed by atoms with Crippen molar-refractivity contribution >= 4 is 28.3 Å². The first-order valence-corrected chi connectivity index (χ1v) is 6.68. The van der Waals surface area contributed by atoms with Crippen LogP contribution in [0.2, 0.25) is 0 Å². The Morgan fingerprint density at radius 2 is 1.95 bits per heavy atom. The topological polar surface area (TPSA) is 71.1 Å². The van der Waals surface area contributed by atoms with Gasteiger partial charge in [-0.05, 0) is 24.6 Å². The second-order valence-corrected chi connectivity index (χ2v) is 4.92. The van der Waals surface area contributed by atoms with Crippen LogP contribution < -0.4 is 10.6 Å². The fraction of sp³-hybridized carbons (Fsp3) is 0.154. The number of halogens is 1. The number of rotatable bonds is 3. The highest BCUT2D eigenvalue weighted by Crippen LogP contribution is 2.13. The molecule has 0 saturated heterocycles. The summed E-state index contributed by atoms with van der Waals surface area (Å²) >= 11 is 1.25. The maximum absolute atomic E-state index is 12.7. The summed E-state index contributed by atoms with van der Waals surface area (Å²) in [6.45, 7) is 1.95. The molecule has 0 aliphatic heterocycles. The van der Waals surface area contributed by atoms with Crippen LogP contribution in [0.1, 0.15) is 11.3 Å². The van der Waals surface area contributed by atoms with Crippen LogP contribution in [0.15, 0.2) is 29.6 Å². The molecular weight excluding hydrogens is 281 g/mol. The van der Waals surface area contributed by atoms with E-state index in [1.54, 1.807) is 12.3 Å². The molecule has 2 N–H and O–H groups in total. The minimum atomic E-state index is -0.776. The molecule has 7 heteroatoms. The number of hydrogen-bond acceptors (Lipinski definition) is 4. The zero-order valence-corrected chi connectivity index (χ0v) is 11.5. The van der Waals surface area contributed by atoms with Crippen molar-refractivity contribution in [2.45, 2.75) is 13.5 Å². The van der Waals surface area contributed by atoms with Crippen molar-refractivity contribution in [2.75, 3.05) is 5.32 Å². The molecule has 0 fully saturated rings. The lowest BCUT2D eigenvalue weighted by Crippen LogP contribution is -2.34. The Morgan fingerprint density at radius 1 is 1.25 bits per heavy atom. The van der Waals surface area contributed by atoms with Crippen LogP contribution in [0.5, 0.6) is 0 Å². The van der Waals surface area contributed by atoms with Gasteiger partial charge in [0.25, 0.3) is 0 Å². The van der Waals surface area contributed by atoms with Gasteiger partial charge in [-0.3, -0.25) is 14.9 Å². The lowest BCUT2D eigenvalue weighted by molar-refractivity contribution is -0.136. The Balaban J connectivity index is 1.85. The lowest BCUT2D eigenvalue weighted by Gasteiger charge is -2.04. The number of anilines is 1. The van der Waals surface area contributed by atoms with Crippen LogP contribution >= 0.6 is 11.3 Å². The van der Waals surface area contributed by atoms with Gasteiger partial charge in [0.1, 0.15) is 5.82 Å². The smallest absolute Gasteiger partial charge is 0.315 e. The number of carbonyl (C=O) groups excluding carboxylic acids is 2. The summed E-state index contributed by atoms with van der Waals surface area (Å²) < 4.78 is 12.7. The monoisotopic (exact) mass is 293 g/mol. The summed E-state index contributed by atoms with van der Waals surface area (Å²) in [5, 5.41) is 7.00. The first kappa shape index (κ1) is 14.1. The van der Waals surface area contributed by atoms with E-state index in [1.165, 1.54) is 35.6 Å². The zero-order chi connectivity index (χ0) is 14.5. The summed E-state index contributed by atoms with van der Waals surface area (Å²) in [5.74, 6) is -1.89. The molecule has 1 heterocycles. The molecular formula is C13H12FN3O2S. The van der Waals surface area contributed by atoms with E-state index in [0.29, 0.717) is 10.7 Å². The van der Waals surface area contributed by atoms with Gasteiger partial charge in [0.2, 0.25) is 0 Å². The van der Waals surface area contributed by atoms with Gasteiger partial charge in [-0.2, -0.15) is 0 Å². The second kappa shape index (κ2) is 6.25. The van der Waals surface area contributed by atoms with Crippen molar-refractivity contribution in [3.8, 4) is 0 Å². The number of carbonyl (C=O) groups is 2. The number of aryl methyl sites for hydroxylation is 1. The highest BCUT2D eigenvalue weighted by molar-refractivity contribution is 7.14. The third-order valence-electron chi connectivity index (χ3n) is 2.41. The Labute approximate surface area is 118 Å². The van der Waals surface area contributed by atoms with Crippen LogP contribution in [0.25, 0.3) is 0 Å². The van der Waals surface area contributed by atoms with Crippen molar-refractivity contribution in [3.05, 3.63) is 46.7 Å². The van der Waals surface area contributed by atoms with Crippen molar-refractivity contribution in [1.29, 1.82) is 0 Å². The van der Waals surface area contributed by atoms with E-state index in [2.05, 4.69) is 15.6 Å². The Hall–Kier alpha value is -2.28. The summed E-state index contributed by atoms with van der Waals surface area (Å²) in [7, 11) is 0. The van der Waals surface area contributed by atoms with Crippen molar-refractivity contribution in [2.24, 2.45) is 0 Å². The molecule has 2 amide bonds. The SMILES string of the molecule is Cc1csc(NC(=O)C(=O)NCc2ccc(F)cc2)n1. The van der Waals surface area contributed by atoms with E-state index in [4.69, 9.17) is 0 Å². The van der Waals surface area contributed by atoms with Gasteiger partial charge in [-0.25, -0.2) is 9.37 Å². The molecule has 2 aromatic rings. The van der Waals surface area contributed by atoms with Gasteiger partial charge in [-0.15, -0.1) is 11.3 Å². The van der Waals surface area contributed by atoms with Crippen molar-refractivity contribution in [3.63, 3.8) is 0 Å². The molecule has 0 spiro atoms.